The van der Waals surface area contributed by atoms with Crippen LogP contribution in [0.2, 0.25) is 0 Å². The van der Waals surface area contributed by atoms with Gasteiger partial charge in [-0.1, -0.05) is 19.0 Å². The summed E-state index contributed by atoms with van der Waals surface area (Å²) in [6.45, 7) is 4.53. The fourth-order valence-electron chi connectivity index (χ4n) is 2.76. The molecule has 1 atom stereocenters. The summed E-state index contributed by atoms with van der Waals surface area (Å²) in [7, 11) is 0. The molecule has 8 heteroatoms. The fourth-order valence-corrected chi connectivity index (χ4v) is 2.76. The maximum Gasteiger partial charge on any atom is 0.327 e. The molecule has 0 saturated carbocycles. The Labute approximate surface area is 122 Å². The number of rotatable bonds is 4. The first-order chi connectivity index (χ1) is 9.92. The average Bonchev–Trinajstić information content (AvgIpc) is 2.89. The molecule has 1 unspecified atom stereocenters. The lowest BCUT2D eigenvalue weighted by molar-refractivity contribution is -0.148. The van der Waals surface area contributed by atoms with Gasteiger partial charge in [0.15, 0.2) is 6.33 Å². The van der Waals surface area contributed by atoms with Crippen molar-refractivity contribution in [1.29, 1.82) is 0 Å². The van der Waals surface area contributed by atoms with Gasteiger partial charge in [-0.05, 0) is 18.3 Å². The van der Waals surface area contributed by atoms with Gasteiger partial charge in [0.25, 0.3) is 0 Å². The molecule has 0 bridgehead atoms. The van der Waals surface area contributed by atoms with Crippen LogP contribution in [-0.2, 0) is 11.2 Å². The van der Waals surface area contributed by atoms with Crippen LogP contribution >= 0.6 is 0 Å². The highest BCUT2D eigenvalue weighted by molar-refractivity contribution is 5.83. The van der Waals surface area contributed by atoms with Crippen LogP contribution in [0, 0.1) is 5.41 Å². The summed E-state index contributed by atoms with van der Waals surface area (Å²) in [4.78, 5) is 29.0. The second-order valence-corrected chi connectivity index (χ2v) is 5.84. The zero-order chi connectivity index (χ0) is 15.5. The summed E-state index contributed by atoms with van der Waals surface area (Å²) in [6, 6.07) is -1.18. The lowest BCUT2D eigenvalue weighted by Gasteiger charge is -2.43. The summed E-state index contributed by atoms with van der Waals surface area (Å²) < 4.78 is 4.83. The zero-order valence-electron chi connectivity index (χ0n) is 12.2. The van der Waals surface area contributed by atoms with E-state index in [4.69, 9.17) is 4.52 Å². The molecule has 21 heavy (non-hydrogen) atoms. The van der Waals surface area contributed by atoms with E-state index < -0.39 is 17.4 Å². The van der Waals surface area contributed by atoms with Crippen molar-refractivity contribution in [3.63, 3.8) is 0 Å². The van der Waals surface area contributed by atoms with Crippen molar-refractivity contribution in [1.82, 2.24) is 20.4 Å². The van der Waals surface area contributed by atoms with E-state index in [1.807, 2.05) is 13.8 Å². The SMILES string of the molecule is CC1(C)CCCN(C(=O)NCCc2ncno2)C1C(=O)O. The number of carbonyl (C=O) groups is 2. The number of likely N-dealkylation sites (tertiary alicyclic amines) is 1. The first-order valence-electron chi connectivity index (χ1n) is 6.94. The number of urea groups is 1. The Morgan fingerprint density at radius 2 is 2.33 bits per heavy atom. The minimum Gasteiger partial charge on any atom is -0.480 e. The molecule has 1 aromatic heterocycles. The molecule has 0 spiro atoms. The number of carboxylic acid groups (broad SMARTS) is 1. The summed E-state index contributed by atoms with van der Waals surface area (Å²) in [5.41, 5.74) is -0.437. The number of hydrogen-bond donors (Lipinski definition) is 2. The lowest BCUT2D eigenvalue weighted by Crippen LogP contribution is -2.58. The maximum absolute atomic E-state index is 12.2. The third-order valence-corrected chi connectivity index (χ3v) is 3.79. The minimum absolute atomic E-state index is 0.324. The number of carbonyl (C=O) groups excluding carboxylic acids is 1. The van der Waals surface area contributed by atoms with E-state index in [1.54, 1.807) is 0 Å². The average molecular weight is 296 g/mol. The van der Waals surface area contributed by atoms with Crippen LogP contribution in [0.15, 0.2) is 10.9 Å². The number of amides is 2. The maximum atomic E-state index is 12.2. The van der Waals surface area contributed by atoms with Crippen LogP contribution in [0.3, 0.4) is 0 Å². The molecule has 2 N–H and O–H groups in total. The predicted molar refractivity (Wildman–Crippen MR) is 72.5 cm³/mol. The van der Waals surface area contributed by atoms with Gasteiger partial charge in [-0.25, -0.2) is 9.59 Å². The van der Waals surface area contributed by atoms with E-state index in [2.05, 4.69) is 15.5 Å². The predicted octanol–water partition coefficient (Wildman–Crippen LogP) is 0.897. The fraction of sp³-hybridized carbons (Fsp3) is 0.692. The van der Waals surface area contributed by atoms with Crippen molar-refractivity contribution in [2.45, 2.75) is 39.2 Å². The van der Waals surface area contributed by atoms with Gasteiger partial charge < -0.3 is 19.8 Å². The van der Waals surface area contributed by atoms with E-state index in [0.29, 0.717) is 25.4 Å². The number of nitrogens with zero attached hydrogens (tertiary/aromatic N) is 3. The highest BCUT2D eigenvalue weighted by atomic mass is 16.5. The Kier molecular flexibility index (Phi) is 4.44. The molecule has 0 aromatic carbocycles. The van der Waals surface area contributed by atoms with Crippen LogP contribution in [0.25, 0.3) is 0 Å². The van der Waals surface area contributed by atoms with Gasteiger partial charge >= 0.3 is 12.0 Å². The zero-order valence-corrected chi connectivity index (χ0v) is 12.2. The van der Waals surface area contributed by atoms with Gasteiger partial charge in [-0.3, -0.25) is 0 Å². The van der Waals surface area contributed by atoms with E-state index in [-0.39, 0.29) is 6.03 Å². The monoisotopic (exact) mass is 296 g/mol. The number of aromatic nitrogens is 2. The third-order valence-electron chi connectivity index (χ3n) is 3.79. The van der Waals surface area contributed by atoms with E-state index in [1.165, 1.54) is 11.2 Å². The van der Waals surface area contributed by atoms with Crippen molar-refractivity contribution < 1.29 is 19.2 Å². The Hall–Kier alpha value is -2.12. The van der Waals surface area contributed by atoms with Gasteiger partial charge in [0.05, 0.1) is 0 Å². The molecule has 2 amide bonds. The smallest absolute Gasteiger partial charge is 0.327 e. The molecule has 0 radical (unpaired) electrons. The first-order valence-corrected chi connectivity index (χ1v) is 6.94. The van der Waals surface area contributed by atoms with Crippen LogP contribution in [0.5, 0.6) is 0 Å². The number of piperidine rings is 1. The van der Waals surface area contributed by atoms with Crippen molar-refractivity contribution in [3.05, 3.63) is 12.2 Å². The molecule has 0 aliphatic carbocycles. The summed E-state index contributed by atoms with van der Waals surface area (Å²) in [5.74, 6) is -0.532. The number of nitrogens with one attached hydrogen (secondary N) is 1. The topological polar surface area (TPSA) is 109 Å². The Morgan fingerprint density at radius 1 is 1.57 bits per heavy atom. The van der Waals surface area contributed by atoms with Crippen molar-refractivity contribution in [2.24, 2.45) is 5.41 Å². The van der Waals surface area contributed by atoms with Crippen LogP contribution < -0.4 is 5.32 Å². The van der Waals surface area contributed by atoms with Crippen molar-refractivity contribution in [3.8, 4) is 0 Å². The van der Waals surface area contributed by atoms with E-state index >= 15 is 0 Å². The number of carboxylic acids is 1. The quantitative estimate of drug-likeness (QED) is 0.854. The third kappa shape index (κ3) is 3.50. The molecule has 8 nitrogen and oxygen atoms in total. The summed E-state index contributed by atoms with van der Waals surface area (Å²) in [5, 5.41) is 15.6. The van der Waals surface area contributed by atoms with Crippen LogP contribution in [0.4, 0.5) is 4.79 Å². The molecule has 2 heterocycles. The van der Waals surface area contributed by atoms with E-state index in [0.717, 1.165) is 12.8 Å². The van der Waals surface area contributed by atoms with Crippen LogP contribution in [0.1, 0.15) is 32.6 Å². The van der Waals surface area contributed by atoms with Crippen LogP contribution in [-0.4, -0.2) is 51.3 Å². The number of hydrogen-bond acceptors (Lipinski definition) is 5. The molecule has 1 aromatic rings. The molecule has 1 aliphatic heterocycles. The van der Waals surface area contributed by atoms with Gasteiger partial charge in [-0.2, -0.15) is 4.98 Å². The molecular formula is C13H20N4O4. The number of aliphatic carboxylic acids is 1. The summed E-state index contributed by atoms with van der Waals surface area (Å²) in [6.07, 6.45) is 3.30. The molecule has 1 saturated heterocycles. The van der Waals surface area contributed by atoms with Gasteiger partial charge in [-0.15, -0.1) is 0 Å². The van der Waals surface area contributed by atoms with E-state index in [9.17, 15) is 14.7 Å². The first kappa shape index (κ1) is 15.3. The molecular weight excluding hydrogens is 276 g/mol. The molecule has 1 aliphatic rings. The molecule has 1 fully saturated rings. The molecule has 116 valence electrons. The second kappa shape index (κ2) is 6.11. The molecule has 2 rings (SSSR count). The van der Waals surface area contributed by atoms with Gasteiger partial charge in [0.1, 0.15) is 6.04 Å². The summed E-state index contributed by atoms with van der Waals surface area (Å²) >= 11 is 0. The highest BCUT2D eigenvalue weighted by Gasteiger charge is 2.44. The largest absolute Gasteiger partial charge is 0.480 e. The Morgan fingerprint density at radius 3 is 2.95 bits per heavy atom. The standard InChI is InChI=1S/C13H20N4O4/c1-13(2)5-3-7-17(10(13)11(18)19)12(20)14-6-4-9-15-8-16-21-9/h8,10H,3-7H2,1-2H3,(H,14,20)(H,18,19). The van der Waals surface area contributed by atoms with Gasteiger partial charge in [0, 0.05) is 19.5 Å². The Bertz CT molecular complexity index is 500. The van der Waals surface area contributed by atoms with Gasteiger partial charge in [0.2, 0.25) is 5.89 Å². The Balaban J connectivity index is 1.94. The van der Waals surface area contributed by atoms with Crippen molar-refractivity contribution in [2.75, 3.05) is 13.1 Å². The van der Waals surface area contributed by atoms with Crippen molar-refractivity contribution >= 4 is 12.0 Å². The minimum atomic E-state index is -0.966. The second-order valence-electron chi connectivity index (χ2n) is 5.84. The lowest BCUT2D eigenvalue weighted by atomic mass is 9.76. The highest BCUT2D eigenvalue weighted by Crippen LogP contribution is 2.35. The normalized spacial score (nSPS) is 21.0.